The Bertz CT molecular complexity index is 952. The van der Waals surface area contributed by atoms with Gasteiger partial charge in [0.15, 0.2) is 6.10 Å². The molecule has 0 heterocycles. The summed E-state index contributed by atoms with van der Waals surface area (Å²) >= 11 is 0. The number of ether oxygens (including phenoxy) is 2. The van der Waals surface area contributed by atoms with E-state index in [1.165, 1.54) is 103 Å². The molecule has 0 saturated heterocycles. The van der Waals surface area contributed by atoms with Gasteiger partial charge in [-0.3, -0.25) is 14.1 Å². The van der Waals surface area contributed by atoms with Crippen LogP contribution in [0.15, 0.2) is 48.6 Å². The van der Waals surface area contributed by atoms with E-state index < -0.39 is 32.5 Å². The van der Waals surface area contributed by atoms with Gasteiger partial charge in [0, 0.05) is 12.8 Å². The highest BCUT2D eigenvalue weighted by Crippen LogP contribution is 2.36. The number of phosphoric ester groups is 1. The number of allylic oxidation sites excluding steroid dienone is 8. The molecule has 0 aliphatic rings. The van der Waals surface area contributed by atoms with Crippen LogP contribution >= 0.6 is 7.82 Å². The molecule has 0 aromatic carbocycles. The van der Waals surface area contributed by atoms with Crippen LogP contribution in [0.4, 0.5) is 0 Å². The molecule has 50 heavy (non-hydrogen) atoms. The second-order valence-corrected chi connectivity index (χ2v) is 14.5. The zero-order chi connectivity index (χ0) is 36.8. The van der Waals surface area contributed by atoms with Crippen molar-refractivity contribution >= 4 is 19.8 Å². The van der Waals surface area contributed by atoms with Crippen molar-refractivity contribution in [1.82, 2.24) is 0 Å². The summed E-state index contributed by atoms with van der Waals surface area (Å²) in [7, 11) is -4.77. The Balaban J connectivity index is 4.04. The van der Waals surface area contributed by atoms with Crippen molar-refractivity contribution in [3.05, 3.63) is 48.6 Å². The van der Waals surface area contributed by atoms with Gasteiger partial charge in [0.25, 0.3) is 0 Å². The van der Waals surface area contributed by atoms with E-state index in [4.69, 9.17) is 19.3 Å². The van der Waals surface area contributed by atoms with Gasteiger partial charge in [-0.25, -0.2) is 4.57 Å². The van der Waals surface area contributed by atoms with Gasteiger partial charge in [0.05, 0.1) is 6.61 Å². The molecule has 0 aliphatic heterocycles. The molecule has 0 aromatic rings. The number of rotatable bonds is 36. The van der Waals surface area contributed by atoms with E-state index in [2.05, 4.69) is 60.9 Å². The predicted molar refractivity (Wildman–Crippen MR) is 207 cm³/mol. The van der Waals surface area contributed by atoms with Crippen LogP contribution in [0.5, 0.6) is 0 Å². The summed E-state index contributed by atoms with van der Waals surface area (Å²) in [6.07, 6.45) is 44.1. The lowest BCUT2D eigenvalue weighted by molar-refractivity contribution is -0.161. The highest BCUT2D eigenvalue weighted by atomic mass is 31.2. The summed E-state index contributed by atoms with van der Waals surface area (Å²) in [5.74, 6) is -0.948. The lowest BCUT2D eigenvalue weighted by Crippen LogP contribution is -2.29. The number of carbonyl (C=O) groups is 2. The Morgan fingerprint density at radius 2 is 0.920 bits per heavy atom. The Labute approximate surface area is 305 Å². The summed E-state index contributed by atoms with van der Waals surface area (Å²) in [6, 6.07) is 0. The van der Waals surface area contributed by atoms with E-state index in [9.17, 15) is 14.2 Å². The molecule has 1 atom stereocenters. The van der Waals surface area contributed by atoms with Crippen molar-refractivity contribution in [2.24, 2.45) is 0 Å². The highest BCUT2D eigenvalue weighted by Gasteiger charge is 2.22. The average molecular weight is 725 g/mol. The maximum Gasteiger partial charge on any atom is 0.469 e. The van der Waals surface area contributed by atoms with Gasteiger partial charge in [-0.1, -0.05) is 165 Å². The standard InChI is InChI=1S/C41H73O8P/c1-3-5-7-9-11-13-15-17-19-20-22-24-26-28-30-32-34-36-41(43)49-39(38-48-50(44,45)46)37-47-40(42)35-33-31-29-27-25-23-21-18-16-14-12-10-8-6-4-2/h11,13,17,19,22,24,28,30,39H,3-10,12,14-16,18,20-21,23,25-27,29,31-38H2,1-2H3,(H2,44,45,46)/b13-11+,19-17+,24-22+,30-28+. The van der Waals surface area contributed by atoms with E-state index >= 15 is 0 Å². The Morgan fingerprint density at radius 1 is 0.520 bits per heavy atom. The van der Waals surface area contributed by atoms with Gasteiger partial charge in [-0.2, -0.15) is 0 Å². The van der Waals surface area contributed by atoms with Crippen LogP contribution in [0.25, 0.3) is 0 Å². The zero-order valence-electron chi connectivity index (χ0n) is 31.8. The van der Waals surface area contributed by atoms with Gasteiger partial charge in [-0.15, -0.1) is 0 Å². The minimum atomic E-state index is -4.77. The molecule has 0 aromatic heterocycles. The maximum atomic E-state index is 12.4. The third-order valence-electron chi connectivity index (χ3n) is 8.35. The van der Waals surface area contributed by atoms with Crippen molar-refractivity contribution in [3.63, 3.8) is 0 Å². The molecule has 9 heteroatoms. The third kappa shape index (κ3) is 38.8. The molecule has 0 spiro atoms. The van der Waals surface area contributed by atoms with Gasteiger partial charge < -0.3 is 19.3 Å². The van der Waals surface area contributed by atoms with E-state index in [1.54, 1.807) is 0 Å². The quantitative estimate of drug-likeness (QED) is 0.0284. The molecule has 2 N–H and O–H groups in total. The fraction of sp³-hybridized carbons (Fsp3) is 0.756. The number of hydrogen-bond donors (Lipinski definition) is 2. The molecule has 0 amide bonds. The van der Waals surface area contributed by atoms with Crippen LogP contribution in [-0.4, -0.2) is 41.0 Å². The Kier molecular flexibility index (Phi) is 35.3. The van der Waals surface area contributed by atoms with E-state index in [0.717, 1.165) is 38.5 Å². The van der Waals surface area contributed by atoms with Crippen LogP contribution in [0.3, 0.4) is 0 Å². The lowest BCUT2D eigenvalue weighted by Gasteiger charge is -2.18. The highest BCUT2D eigenvalue weighted by molar-refractivity contribution is 7.46. The van der Waals surface area contributed by atoms with Gasteiger partial charge in [-0.05, 0) is 51.4 Å². The molecular formula is C41H73O8P. The summed E-state index contributed by atoms with van der Waals surface area (Å²) in [5, 5.41) is 0. The molecule has 8 nitrogen and oxygen atoms in total. The molecule has 290 valence electrons. The van der Waals surface area contributed by atoms with Gasteiger partial charge in [0.2, 0.25) is 0 Å². The first-order valence-corrected chi connectivity index (χ1v) is 21.5. The molecule has 0 radical (unpaired) electrons. The summed E-state index contributed by atoms with van der Waals surface area (Å²) in [5.41, 5.74) is 0. The van der Waals surface area contributed by atoms with E-state index in [-0.39, 0.29) is 19.4 Å². The topological polar surface area (TPSA) is 119 Å². The first-order valence-electron chi connectivity index (χ1n) is 19.9. The Hall–Kier alpha value is -1.99. The van der Waals surface area contributed by atoms with Crippen molar-refractivity contribution < 1.29 is 37.9 Å². The minimum Gasteiger partial charge on any atom is -0.462 e. The SMILES string of the molecule is CCCCC/C=C/C/C=C/C/C=C/C/C=C/CCCC(=O)OC(COC(=O)CCCCCCCCCCCCCCCCC)COP(=O)(O)O. The van der Waals surface area contributed by atoms with Crippen LogP contribution in [0, 0.1) is 0 Å². The minimum absolute atomic E-state index is 0.136. The Morgan fingerprint density at radius 3 is 1.40 bits per heavy atom. The molecule has 0 rings (SSSR count). The first kappa shape index (κ1) is 48.0. The van der Waals surface area contributed by atoms with E-state index in [0.29, 0.717) is 12.8 Å². The van der Waals surface area contributed by atoms with Crippen LogP contribution in [0.2, 0.25) is 0 Å². The zero-order valence-corrected chi connectivity index (χ0v) is 32.7. The fourth-order valence-electron chi connectivity index (χ4n) is 5.37. The van der Waals surface area contributed by atoms with E-state index in [1.807, 2.05) is 6.08 Å². The number of hydrogen-bond acceptors (Lipinski definition) is 6. The van der Waals surface area contributed by atoms with Crippen molar-refractivity contribution in [2.45, 2.75) is 187 Å². The fourth-order valence-corrected chi connectivity index (χ4v) is 5.73. The van der Waals surface area contributed by atoms with Gasteiger partial charge in [0.1, 0.15) is 6.61 Å². The predicted octanol–water partition coefficient (Wildman–Crippen LogP) is 12.0. The summed E-state index contributed by atoms with van der Waals surface area (Å²) < 4.78 is 26.3. The smallest absolute Gasteiger partial charge is 0.462 e. The molecule has 0 aliphatic carbocycles. The second-order valence-electron chi connectivity index (χ2n) is 13.3. The largest absolute Gasteiger partial charge is 0.469 e. The molecule has 0 fully saturated rings. The van der Waals surface area contributed by atoms with Gasteiger partial charge >= 0.3 is 19.8 Å². The first-order chi connectivity index (χ1) is 24.3. The summed E-state index contributed by atoms with van der Waals surface area (Å²) in [4.78, 5) is 42.7. The number of unbranched alkanes of at least 4 members (excludes halogenated alkanes) is 18. The molecular weight excluding hydrogens is 651 g/mol. The third-order valence-corrected chi connectivity index (χ3v) is 8.84. The second kappa shape index (κ2) is 36.8. The monoisotopic (exact) mass is 725 g/mol. The van der Waals surface area contributed by atoms with Crippen molar-refractivity contribution in [2.75, 3.05) is 13.2 Å². The maximum absolute atomic E-state index is 12.4. The molecule has 0 bridgehead atoms. The lowest BCUT2D eigenvalue weighted by atomic mass is 10.0. The molecule has 1 unspecified atom stereocenters. The van der Waals surface area contributed by atoms with Crippen molar-refractivity contribution in [1.29, 1.82) is 0 Å². The number of esters is 2. The van der Waals surface area contributed by atoms with Crippen LogP contribution in [0.1, 0.15) is 181 Å². The van der Waals surface area contributed by atoms with Crippen molar-refractivity contribution in [3.8, 4) is 0 Å². The molecule has 0 saturated carbocycles. The summed E-state index contributed by atoms with van der Waals surface area (Å²) in [6.45, 7) is 3.61. The average Bonchev–Trinajstić information content (AvgIpc) is 3.08. The van der Waals surface area contributed by atoms with Crippen LogP contribution < -0.4 is 0 Å². The normalized spacial score (nSPS) is 13.0. The number of phosphoric acid groups is 1. The number of carbonyl (C=O) groups excluding carboxylic acids is 2. The van der Waals surface area contributed by atoms with Crippen LogP contribution in [-0.2, 0) is 28.2 Å².